The minimum Gasteiger partial charge on any atom is -0.197 e. The zero-order chi connectivity index (χ0) is 17.8. The third kappa shape index (κ3) is 3.95. The fourth-order valence-corrected chi connectivity index (χ4v) is 3.68. The van der Waals surface area contributed by atoms with Crippen molar-refractivity contribution >= 4 is 25.1 Å². The molecule has 0 saturated carbocycles. The standard InChI is InChI=1S/C25H19Cl.H2S/c26-18-22-16-17-23(19-10-4-1-5-11-19)25(21-14-8-3-9-15-21)24(22)20-12-6-2-7-13-20;/h1-17H,18H2;1H2. The lowest BCUT2D eigenvalue weighted by atomic mass is 9.85. The van der Waals surface area contributed by atoms with Crippen molar-refractivity contribution < 1.29 is 0 Å². The van der Waals surface area contributed by atoms with Crippen molar-refractivity contribution in [1.29, 1.82) is 0 Å². The fraction of sp³-hybridized carbons (Fsp3) is 0.0400. The van der Waals surface area contributed by atoms with E-state index in [1.807, 2.05) is 6.07 Å². The maximum atomic E-state index is 6.34. The van der Waals surface area contributed by atoms with Gasteiger partial charge in [0, 0.05) is 5.88 Å². The first kappa shape index (κ1) is 19.3. The Balaban J connectivity index is 0.00000210. The van der Waals surface area contributed by atoms with E-state index in [1.54, 1.807) is 0 Å². The predicted octanol–water partition coefficient (Wildman–Crippen LogP) is 7.54. The van der Waals surface area contributed by atoms with Crippen LogP contribution in [0.5, 0.6) is 0 Å². The molecule has 0 bridgehead atoms. The van der Waals surface area contributed by atoms with Crippen molar-refractivity contribution in [2.45, 2.75) is 5.88 Å². The second-order valence-corrected chi connectivity index (χ2v) is 6.52. The maximum Gasteiger partial charge on any atom is 0.0480 e. The molecule has 0 nitrogen and oxygen atoms in total. The zero-order valence-electron chi connectivity index (χ0n) is 14.9. The van der Waals surface area contributed by atoms with Crippen molar-refractivity contribution in [3.63, 3.8) is 0 Å². The molecule has 0 aliphatic rings. The second kappa shape index (κ2) is 8.94. The molecule has 0 saturated heterocycles. The minimum atomic E-state index is 0. The quantitative estimate of drug-likeness (QED) is 0.317. The van der Waals surface area contributed by atoms with Crippen LogP contribution < -0.4 is 0 Å². The number of hydrogen-bond donors (Lipinski definition) is 0. The minimum absolute atomic E-state index is 0. The summed E-state index contributed by atoms with van der Waals surface area (Å²) < 4.78 is 0. The summed E-state index contributed by atoms with van der Waals surface area (Å²) in [6, 6.07) is 36.0. The Morgan fingerprint density at radius 3 is 1.41 bits per heavy atom. The Kier molecular flexibility index (Phi) is 6.39. The molecule has 4 aromatic carbocycles. The number of rotatable bonds is 4. The summed E-state index contributed by atoms with van der Waals surface area (Å²) in [6.07, 6.45) is 0. The van der Waals surface area contributed by atoms with Crippen LogP contribution in [0.15, 0.2) is 103 Å². The van der Waals surface area contributed by atoms with Crippen LogP contribution in [-0.4, -0.2) is 0 Å². The topological polar surface area (TPSA) is 0 Å². The third-order valence-corrected chi connectivity index (χ3v) is 4.93. The van der Waals surface area contributed by atoms with E-state index in [0.717, 1.165) is 5.56 Å². The molecule has 134 valence electrons. The molecule has 0 aliphatic carbocycles. The molecule has 2 heteroatoms. The predicted molar refractivity (Wildman–Crippen MR) is 123 cm³/mol. The van der Waals surface area contributed by atoms with Gasteiger partial charge < -0.3 is 0 Å². The highest BCUT2D eigenvalue weighted by molar-refractivity contribution is 7.59. The van der Waals surface area contributed by atoms with Crippen LogP contribution in [0.1, 0.15) is 5.56 Å². The fourth-order valence-electron chi connectivity index (χ4n) is 3.45. The van der Waals surface area contributed by atoms with Crippen molar-refractivity contribution in [1.82, 2.24) is 0 Å². The highest BCUT2D eigenvalue weighted by Crippen LogP contribution is 2.42. The van der Waals surface area contributed by atoms with Crippen molar-refractivity contribution in [2.75, 3.05) is 0 Å². The van der Waals surface area contributed by atoms with Gasteiger partial charge in [0.25, 0.3) is 0 Å². The molecule has 0 N–H and O–H groups in total. The Bertz CT molecular complexity index is 996. The smallest absolute Gasteiger partial charge is 0.0480 e. The molecule has 4 rings (SSSR count). The molecule has 0 aliphatic heterocycles. The van der Waals surface area contributed by atoms with Gasteiger partial charge in [-0.1, -0.05) is 103 Å². The van der Waals surface area contributed by atoms with E-state index in [1.165, 1.54) is 33.4 Å². The number of alkyl halides is 1. The molecule has 0 spiro atoms. The normalized spacial score (nSPS) is 10.3. The summed E-state index contributed by atoms with van der Waals surface area (Å²) in [5.74, 6) is 0.485. The second-order valence-electron chi connectivity index (χ2n) is 6.25. The van der Waals surface area contributed by atoms with Crippen LogP contribution >= 0.6 is 25.1 Å². The van der Waals surface area contributed by atoms with Gasteiger partial charge in [-0.05, 0) is 38.9 Å². The molecular weight excluding hydrogens is 368 g/mol. The third-order valence-electron chi connectivity index (χ3n) is 4.65. The Morgan fingerprint density at radius 1 is 0.481 bits per heavy atom. The van der Waals surface area contributed by atoms with Gasteiger partial charge >= 0.3 is 0 Å². The van der Waals surface area contributed by atoms with Crippen LogP contribution in [0.25, 0.3) is 33.4 Å². The monoisotopic (exact) mass is 388 g/mol. The van der Waals surface area contributed by atoms with Gasteiger partial charge in [-0.2, -0.15) is 13.5 Å². The van der Waals surface area contributed by atoms with Gasteiger partial charge in [-0.25, -0.2) is 0 Å². The van der Waals surface area contributed by atoms with Gasteiger partial charge in [0.05, 0.1) is 0 Å². The van der Waals surface area contributed by atoms with Gasteiger partial charge in [-0.15, -0.1) is 11.6 Å². The molecule has 0 aromatic heterocycles. The highest BCUT2D eigenvalue weighted by atomic mass is 35.5. The molecular formula is C25H21ClS. The first-order valence-electron chi connectivity index (χ1n) is 8.76. The van der Waals surface area contributed by atoms with Crippen LogP contribution in [0, 0.1) is 0 Å². The van der Waals surface area contributed by atoms with Crippen LogP contribution in [0.3, 0.4) is 0 Å². The number of benzene rings is 4. The van der Waals surface area contributed by atoms with E-state index in [2.05, 4.69) is 97.1 Å². The van der Waals surface area contributed by atoms with Gasteiger partial charge in [0.1, 0.15) is 0 Å². The number of hydrogen-bond acceptors (Lipinski definition) is 0. The molecule has 0 heterocycles. The van der Waals surface area contributed by atoms with Crippen molar-refractivity contribution in [3.05, 3.63) is 109 Å². The Hall–Kier alpha value is -2.48. The molecule has 0 atom stereocenters. The highest BCUT2D eigenvalue weighted by Gasteiger charge is 2.17. The van der Waals surface area contributed by atoms with E-state index >= 15 is 0 Å². The van der Waals surface area contributed by atoms with E-state index in [-0.39, 0.29) is 13.5 Å². The van der Waals surface area contributed by atoms with Crippen LogP contribution in [0.2, 0.25) is 0 Å². The first-order valence-corrected chi connectivity index (χ1v) is 9.30. The van der Waals surface area contributed by atoms with Crippen molar-refractivity contribution in [2.24, 2.45) is 0 Å². The van der Waals surface area contributed by atoms with E-state index in [0.29, 0.717) is 5.88 Å². The van der Waals surface area contributed by atoms with Gasteiger partial charge in [0.15, 0.2) is 0 Å². The number of halogens is 1. The molecule has 27 heavy (non-hydrogen) atoms. The van der Waals surface area contributed by atoms with E-state index < -0.39 is 0 Å². The van der Waals surface area contributed by atoms with Gasteiger partial charge in [0.2, 0.25) is 0 Å². The summed E-state index contributed by atoms with van der Waals surface area (Å²) >= 11 is 6.34. The molecule has 0 amide bonds. The largest absolute Gasteiger partial charge is 0.197 e. The van der Waals surface area contributed by atoms with E-state index in [9.17, 15) is 0 Å². The lowest BCUT2D eigenvalue weighted by Crippen LogP contribution is -1.95. The average Bonchev–Trinajstić information content (AvgIpc) is 2.74. The van der Waals surface area contributed by atoms with Crippen LogP contribution in [0.4, 0.5) is 0 Å². The Labute approximate surface area is 172 Å². The van der Waals surface area contributed by atoms with Gasteiger partial charge in [-0.3, -0.25) is 0 Å². The SMILES string of the molecule is ClCc1ccc(-c2ccccc2)c(-c2ccccc2)c1-c1ccccc1.S. The summed E-state index contributed by atoms with van der Waals surface area (Å²) in [5.41, 5.74) is 8.44. The van der Waals surface area contributed by atoms with E-state index in [4.69, 9.17) is 11.6 Å². The first-order chi connectivity index (χ1) is 12.9. The summed E-state index contributed by atoms with van der Waals surface area (Å²) in [5, 5.41) is 0. The summed E-state index contributed by atoms with van der Waals surface area (Å²) in [6.45, 7) is 0. The lowest BCUT2D eigenvalue weighted by Gasteiger charge is -2.19. The Morgan fingerprint density at radius 2 is 0.926 bits per heavy atom. The molecule has 0 fully saturated rings. The zero-order valence-corrected chi connectivity index (χ0v) is 16.7. The maximum absolute atomic E-state index is 6.34. The molecule has 0 radical (unpaired) electrons. The van der Waals surface area contributed by atoms with Crippen LogP contribution in [-0.2, 0) is 5.88 Å². The molecule has 0 unspecified atom stereocenters. The average molecular weight is 389 g/mol. The van der Waals surface area contributed by atoms with Crippen molar-refractivity contribution in [3.8, 4) is 33.4 Å². The summed E-state index contributed by atoms with van der Waals surface area (Å²) in [7, 11) is 0. The lowest BCUT2D eigenvalue weighted by molar-refractivity contribution is 1.39. The molecule has 4 aromatic rings. The summed E-state index contributed by atoms with van der Waals surface area (Å²) in [4.78, 5) is 0.